The lowest BCUT2D eigenvalue weighted by Crippen LogP contribution is -2.53. The van der Waals surface area contributed by atoms with Crippen LogP contribution in [0.1, 0.15) is 79.1 Å². The fraction of sp³-hybridized carbons (Fsp3) is 0.826. The summed E-state index contributed by atoms with van der Waals surface area (Å²) in [6.45, 7) is 8.08. The monoisotopic (exact) mass is 373 g/mol. The highest BCUT2D eigenvalue weighted by Gasteiger charge is 2.58. The minimum Gasteiger partial charge on any atom is -0.462 e. The van der Waals surface area contributed by atoms with Crippen molar-refractivity contribution in [2.24, 2.45) is 28.6 Å². The van der Waals surface area contributed by atoms with Crippen molar-refractivity contribution < 1.29 is 14.3 Å². The topological polar surface area (TPSA) is 55.4 Å². The van der Waals surface area contributed by atoms with Crippen LogP contribution >= 0.6 is 0 Å². The molecular formula is C23H35NO3. The van der Waals surface area contributed by atoms with E-state index in [0.717, 1.165) is 43.9 Å². The van der Waals surface area contributed by atoms with Gasteiger partial charge in [0, 0.05) is 26.3 Å². The summed E-state index contributed by atoms with van der Waals surface area (Å²) in [6.07, 6.45) is 11.6. The Bertz CT molecular complexity index is 671. The Kier molecular flexibility index (Phi) is 4.67. The molecule has 1 amide bonds. The number of ether oxygens (including phenoxy) is 1. The summed E-state index contributed by atoms with van der Waals surface area (Å²) in [6, 6.07) is 0.346. The smallest absolute Gasteiger partial charge is 0.302 e. The quantitative estimate of drug-likeness (QED) is 0.577. The summed E-state index contributed by atoms with van der Waals surface area (Å²) in [5.74, 6) is 2.16. The SMILES string of the molecule is CC(=O)N[C@@H]1CC[C@@H]2[C@H]3CC=C4C[C@@H](OC(C)=O)CC[C@]4(C)[C@@H]3CC[C@@]21C. The molecule has 150 valence electrons. The highest BCUT2D eigenvalue weighted by atomic mass is 16.5. The number of hydrogen-bond donors (Lipinski definition) is 1. The van der Waals surface area contributed by atoms with Gasteiger partial charge in [-0.15, -0.1) is 0 Å². The number of hydrogen-bond acceptors (Lipinski definition) is 3. The largest absolute Gasteiger partial charge is 0.462 e. The molecular weight excluding hydrogens is 338 g/mol. The van der Waals surface area contributed by atoms with Crippen LogP contribution in [0.4, 0.5) is 0 Å². The predicted molar refractivity (Wildman–Crippen MR) is 105 cm³/mol. The van der Waals surface area contributed by atoms with Crippen LogP contribution in [0.5, 0.6) is 0 Å². The van der Waals surface area contributed by atoms with Crippen LogP contribution < -0.4 is 5.32 Å². The van der Waals surface area contributed by atoms with Crippen LogP contribution in [-0.2, 0) is 14.3 Å². The number of fused-ring (bicyclic) bond motifs is 5. The first-order valence-electron chi connectivity index (χ1n) is 10.9. The van der Waals surface area contributed by atoms with Crippen molar-refractivity contribution in [3.05, 3.63) is 11.6 Å². The average Bonchev–Trinajstić information content (AvgIpc) is 2.91. The maximum atomic E-state index is 11.7. The summed E-state index contributed by atoms with van der Waals surface area (Å²) in [4.78, 5) is 23.1. The minimum absolute atomic E-state index is 0.0721. The molecule has 0 unspecified atom stereocenters. The summed E-state index contributed by atoms with van der Waals surface area (Å²) < 4.78 is 5.54. The van der Waals surface area contributed by atoms with Crippen molar-refractivity contribution in [3.8, 4) is 0 Å². The fourth-order valence-electron chi connectivity index (χ4n) is 7.45. The highest BCUT2D eigenvalue weighted by Crippen LogP contribution is 2.64. The summed E-state index contributed by atoms with van der Waals surface area (Å²) >= 11 is 0. The van der Waals surface area contributed by atoms with E-state index in [1.165, 1.54) is 26.2 Å². The lowest BCUT2D eigenvalue weighted by Gasteiger charge is -2.58. The van der Waals surface area contributed by atoms with Gasteiger partial charge in [0.25, 0.3) is 0 Å². The second kappa shape index (κ2) is 6.63. The predicted octanol–water partition coefficient (Wildman–Crippen LogP) is 4.39. The van der Waals surface area contributed by atoms with E-state index in [1.807, 2.05) is 0 Å². The third-order valence-electron chi connectivity index (χ3n) is 8.77. The lowest BCUT2D eigenvalue weighted by atomic mass is 9.48. The molecule has 0 bridgehead atoms. The number of carbonyl (C=O) groups excluding carboxylic acids is 2. The Hall–Kier alpha value is -1.32. The Morgan fingerprint density at radius 1 is 1.07 bits per heavy atom. The van der Waals surface area contributed by atoms with Crippen LogP contribution in [0, 0.1) is 28.6 Å². The number of allylic oxidation sites excluding steroid dienone is 1. The molecule has 3 fully saturated rings. The van der Waals surface area contributed by atoms with Crippen molar-refractivity contribution in [3.63, 3.8) is 0 Å². The standard InChI is InChI=1S/C23H35NO3/c1-14(25)24-21-8-7-19-18-6-5-16-13-17(27-15(2)26)9-11-22(16,3)20(18)10-12-23(19,21)4/h5,17-21H,6-13H2,1-4H3,(H,24,25)/t17-,18+,19+,20+,21+,22-,23-/m0/s1. The number of amides is 1. The van der Waals surface area contributed by atoms with Crippen LogP contribution in [0.15, 0.2) is 11.6 Å². The molecule has 4 aliphatic carbocycles. The van der Waals surface area contributed by atoms with Crippen LogP contribution in [0.2, 0.25) is 0 Å². The molecule has 1 N–H and O–H groups in total. The second-order valence-corrected chi connectivity index (χ2v) is 10.1. The summed E-state index contributed by atoms with van der Waals surface area (Å²) in [5.41, 5.74) is 2.07. The van der Waals surface area contributed by atoms with Crippen LogP contribution in [0.25, 0.3) is 0 Å². The van der Waals surface area contributed by atoms with Gasteiger partial charge in [0.2, 0.25) is 5.91 Å². The third kappa shape index (κ3) is 3.03. The van der Waals surface area contributed by atoms with Gasteiger partial charge in [-0.3, -0.25) is 9.59 Å². The molecule has 0 saturated heterocycles. The van der Waals surface area contributed by atoms with Crippen LogP contribution in [-0.4, -0.2) is 24.0 Å². The van der Waals surface area contributed by atoms with E-state index < -0.39 is 0 Å². The first-order valence-corrected chi connectivity index (χ1v) is 10.9. The van der Waals surface area contributed by atoms with E-state index in [-0.39, 0.29) is 28.8 Å². The minimum atomic E-state index is -0.152. The number of carbonyl (C=O) groups is 2. The Morgan fingerprint density at radius 3 is 2.56 bits per heavy atom. The molecule has 0 aliphatic heterocycles. The highest BCUT2D eigenvalue weighted by molar-refractivity contribution is 5.73. The average molecular weight is 374 g/mol. The molecule has 4 aliphatic rings. The Labute approximate surface area is 163 Å². The van der Waals surface area contributed by atoms with Crippen molar-refractivity contribution >= 4 is 11.9 Å². The van der Waals surface area contributed by atoms with Gasteiger partial charge in [0.05, 0.1) is 0 Å². The number of rotatable bonds is 2. The van der Waals surface area contributed by atoms with Gasteiger partial charge in [-0.25, -0.2) is 0 Å². The molecule has 27 heavy (non-hydrogen) atoms. The van der Waals surface area contributed by atoms with E-state index in [9.17, 15) is 9.59 Å². The second-order valence-electron chi connectivity index (χ2n) is 10.1. The number of nitrogens with one attached hydrogen (secondary N) is 1. The normalized spacial score (nSPS) is 45.8. The first kappa shape index (κ1) is 19.0. The molecule has 0 spiro atoms. The van der Waals surface area contributed by atoms with E-state index in [0.29, 0.717) is 12.0 Å². The van der Waals surface area contributed by atoms with Gasteiger partial charge in [0.1, 0.15) is 6.10 Å². The first-order chi connectivity index (χ1) is 12.7. The molecule has 0 aromatic heterocycles. The van der Waals surface area contributed by atoms with Gasteiger partial charge >= 0.3 is 5.97 Å². The molecule has 7 atom stereocenters. The van der Waals surface area contributed by atoms with Crippen molar-refractivity contribution in [1.82, 2.24) is 5.32 Å². The molecule has 0 aromatic carbocycles. The number of esters is 1. The molecule has 0 aromatic rings. The van der Waals surface area contributed by atoms with Gasteiger partial charge < -0.3 is 10.1 Å². The Morgan fingerprint density at radius 2 is 1.85 bits per heavy atom. The van der Waals surface area contributed by atoms with E-state index in [2.05, 4.69) is 25.2 Å². The lowest BCUT2D eigenvalue weighted by molar-refractivity contribution is -0.148. The zero-order valence-electron chi connectivity index (χ0n) is 17.3. The van der Waals surface area contributed by atoms with Gasteiger partial charge in [-0.05, 0) is 73.5 Å². The van der Waals surface area contributed by atoms with E-state index in [4.69, 9.17) is 4.74 Å². The van der Waals surface area contributed by atoms with Crippen molar-refractivity contribution in [1.29, 1.82) is 0 Å². The van der Waals surface area contributed by atoms with Crippen LogP contribution in [0.3, 0.4) is 0 Å². The Balaban J connectivity index is 1.55. The molecule has 0 radical (unpaired) electrons. The van der Waals surface area contributed by atoms with E-state index in [1.54, 1.807) is 12.5 Å². The zero-order chi connectivity index (χ0) is 19.4. The van der Waals surface area contributed by atoms with Gasteiger partial charge in [0.15, 0.2) is 0 Å². The maximum Gasteiger partial charge on any atom is 0.302 e. The third-order valence-corrected chi connectivity index (χ3v) is 8.77. The zero-order valence-corrected chi connectivity index (χ0v) is 17.3. The maximum absolute atomic E-state index is 11.7. The van der Waals surface area contributed by atoms with Crippen molar-refractivity contribution in [2.45, 2.75) is 91.2 Å². The van der Waals surface area contributed by atoms with Gasteiger partial charge in [-0.1, -0.05) is 25.5 Å². The summed E-state index contributed by atoms with van der Waals surface area (Å²) in [5, 5.41) is 3.26. The molecule has 4 nitrogen and oxygen atoms in total. The molecule has 4 rings (SSSR count). The van der Waals surface area contributed by atoms with Crippen molar-refractivity contribution in [2.75, 3.05) is 0 Å². The molecule has 4 heteroatoms. The molecule has 3 saturated carbocycles. The van der Waals surface area contributed by atoms with E-state index >= 15 is 0 Å². The molecule has 0 heterocycles. The summed E-state index contributed by atoms with van der Waals surface area (Å²) in [7, 11) is 0. The van der Waals surface area contributed by atoms with Gasteiger partial charge in [-0.2, -0.15) is 0 Å². The fourth-order valence-corrected chi connectivity index (χ4v) is 7.45.